The van der Waals surface area contributed by atoms with Gasteiger partial charge in [0.1, 0.15) is 0 Å². The van der Waals surface area contributed by atoms with Crippen LogP contribution in [0.5, 0.6) is 0 Å². The number of nitrogens with zero attached hydrogens (tertiary/aromatic N) is 1. The van der Waals surface area contributed by atoms with Crippen LogP contribution in [0.1, 0.15) is 37.3 Å². The van der Waals surface area contributed by atoms with E-state index in [-0.39, 0.29) is 6.04 Å². The van der Waals surface area contributed by atoms with Crippen molar-refractivity contribution in [2.45, 2.75) is 31.7 Å². The number of nitrogen functional groups attached to an aromatic ring is 1. The van der Waals surface area contributed by atoms with Crippen molar-refractivity contribution in [3.05, 3.63) is 24.0 Å². The zero-order valence-corrected chi connectivity index (χ0v) is 8.32. The van der Waals surface area contributed by atoms with Crippen molar-refractivity contribution in [1.82, 2.24) is 4.98 Å². The fourth-order valence-corrected chi connectivity index (χ4v) is 2.27. The molecule has 2 rings (SSSR count). The second-order valence-corrected chi connectivity index (χ2v) is 4.07. The van der Waals surface area contributed by atoms with Crippen LogP contribution in [-0.2, 0) is 0 Å². The standard InChI is InChI=1S/C11H17N3/c12-10-5-6-14-7-9(10)11(13)8-3-1-2-4-8/h5-8,11H,1-4,13H2,(H2,12,14). The lowest BCUT2D eigenvalue weighted by Crippen LogP contribution is -2.20. The van der Waals surface area contributed by atoms with Crippen LogP contribution in [0.15, 0.2) is 18.5 Å². The molecular weight excluding hydrogens is 174 g/mol. The van der Waals surface area contributed by atoms with Gasteiger partial charge in [0, 0.05) is 29.7 Å². The number of hydrogen-bond donors (Lipinski definition) is 2. The van der Waals surface area contributed by atoms with Crippen molar-refractivity contribution in [2.24, 2.45) is 11.7 Å². The van der Waals surface area contributed by atoms with E-state index in [9.17, 15) is 0 Å². The van der Waals surface area contributed by atoms with Gasteiger partial charge in [0.05, 0.1) is 0 Å². The lowest BCUT2D eigenvalue weighted by Gasteiger charge is -2.20. The van der Waals surface area contributed by atoms with E-state index in [0.717, 1.165) is 11.3 Å². The van der Waals surface area contributed by atoms with Crippen molar-refractivity contribution < 1.29 is 0 Å². The first-order chi connectivity index (χ1) is 6.79. The van der Waals surface area contributed by atoms with Crippen LogP contribution in [0.3, 0.4) is 0 Å². The maximum Gasteiger partial charge on any atom is 0.0393 e. The molecule has 1 saturated carbocycles. The molecule has 0 aromatic carbocycles. The maximum atomic E-state index is 6.18. The summed E-state index contributed by atoms with van der Waals surface area (Å²) in [7, 11) is 0. The minimum absolute atomic E-state index is 0.0752. The largest absolute Gasteiger partial charge is 0.398 e. The van der Waals surface area contributed by atoms with Crippen molar-refractivity contribution in [1.29, 1.82) is 0 Å². The summed E-state index contributed by atoms with van der Waals surface area (Å²) < 4.78 is 0. The molecule has 76 valence electrons. The Balaban J connectivity index is 2.17. The number of rotatable bonds is 2. The fourth-order valence-electron chi connectivity index (χ4n) is 2.27. The van der Waals surface area contributed by atoms with E-state index in [0.29, 0.717) is 5.92 Å². The average Bonchev–Trinajstić information content (AvgIpc) is 2.70. The third-order valence-electron chi connectivity index (χ3n) is 3.15. The summed E-state index contributed by atoms with van der Waals surface area (Å²) >= 11 is 0. The molecule has 1 fully saturated rings. The quantitative estimate of drug-likeness (QED) is 0.749. The molecule has 1 aromatic heterocycles. The summed E-state index contributed by atoms with van der Waals surface area (Å²) in [6, 6.07) is 1.90. The summed E-state index contributed by atoms with van der Waals surface area (Å²) in [5.74, 6) is 0.599. The van der Waals surface area contributed by atoms with Gasteiger partial charge in [0.2, 0.25) is 0 Å². The Kier molecular flexibility index (Phi) is 2.68. The molecule has 0 amide bonds. The number of pyridine rings is 1. The molecule has 14 heavy (non-hydrogen) atoms. The fraction of sp³-hybridized carbons (Fsp3) is 0.545. The Morgan fingerprint density at radius 2 is 2.07 bits per heavy atom. The molecule has 0 saturated heterocycles. The third-order valence-corrected chi connectivity index (χ3v) is 3.15. The Hall–Kier alpha value is -1.09. The molecule has 1 aliphatic carbocycles. The van der Waals surface area contributed by atoms with Crippen molar-refractivity contribution in [3.8, 4) is 0 Å². The van der Waals surface area contributed by atoms with Gasteiger partial charge in [-0.1, -0.05) is 12.8 Å². The van der Waals surface area contributed by atoms with Gasteiger partial charge in [0.15, 0.2) is 0 Å². The van der Waals surface area contributed by atoms with Gasteiger partial charge in [-0.15, -0.1) is 0 Å². The first-order valence-electron chi connectivity index (χ1n) is 5.24. The molecule has 1 unspecified atom stereocenters. The van der Waals surface area contributed by atoms with Gasteiger partial charge in [0.25, 0.3) is 0 Å². The van der Waals surface area contributed by atoms with Crippen LogP contribution < -0.4 is 11.5 Å². The van der Waals surface area contributed by atoms with Gasteiger partial charge < -0.3 is 11.5 Å². The molecule has 0 aliphatic heterocycles. The van der Waals surface area contributed by atoms with E-state index >= 15 is 0 Å². The van der Waals surface area contributed by atoms with Gasteiger partial charge >= 0.3 is 0 Å². The lowest BCUT2D eigenvalue weighted by molar-refractivity contribution is 0.445. The monoisotopic (exact) mass is 191 g/mol. The van der Waals surface area contributed by atoms with Gasteiger partial charge in [-0.3, -0.25) is 4.98 Å². The predicted molar refractivity (Wildman–Crippen MR) is 57.5 cm³/mol. The summed E-state index contributed by atoms with van der Waals surface area (Å²) in [5, 5.41) is 0. The highest BCUT2D eigenvalue weighted by Crippen LogP contribution is 2.35. The number of nitrogens with two attached hydrogens (primary N) is 2. The Morgan fingerprint density at radius 1 is 1.36 bits per heavy atom. The van der Waals surface area contributed by atoms with E-state index in [1.165, 1.54) is 25.7 Å². The third kappa shape index (κ3) is 1.73. The molecule has 0 radical (unpaired) electrons. The maximum absolute atomic E-state index is 6.18. The van der Waals surface area contributed by atoms with E-state index in [2.05, 4.69) is 4.98 Å². The minimum Gasteiger partial charge on any atom is -0.398 e. The zero-order chi connectivity index (χ0) is 9.97. The van der Waals surface area contributed by atoms with E-state index in [1.54, 1.807) is 12.4 Å². The lowest BCUT2D eigenvalue weighted by atomic mass is 9.93. The van der Waals surface area contributed by atoms with Crippen molar-refractivity contribution >= 4 is 5.69 Å². The first kappa shape index (κ1) is 9.46. The summed E-state index contributed by atoms with van der Waals surface area (Å²) in [4.78, 5) is 4.08. The van der Waals surface area contributed by atoms with Crippen LogP contribution >= 0.6 is 0 Å². The number of anilines is 1. The topological polar surface area (TPSA) is 64.9 Å². The van der Waals surface area contributed by atoms with Gasteiger partial charge in [-0.2, -0.15) is 0 Å². The van der Waals surface area contributed by atoms with E-state index in [1.807, 2.05) is 6.07 Å². The highest BCUT2D eigenvalue weighted by molar-refractivity contribution is 5.46. The zero-order valence-electron chi connectivity index (χ0n) is 8.32. The SMILES string of the molecule is Nc1ccncc1C(N)C1CCCC1. The Bertz CT molecular complexity index is 305. The first-order valence-corrected chi connectivity index (χ1v) is 5.24. The second kappa shape index (κ2) is 3.96. The molecule has 3 nitrogen and oxygen atoms in total. The van der Waals surface area contributed by atoms with E-state index < -0.39 is 0 Å². The number of aromatic nitrogens is 1. The number of hydrogen-bond acceptors (Lipinski definition) is 3. The molecule has 1 heterocycles. The second-order valence-electron chi connectivity index (χ2n) is 4.07. The highest BCUT2D eigenvalue weighted by Gasteiger charge is 2.24. The normalized spacial score (nSPS) is 19.8. The average molecular weight is 191 g/mol. The molecule has 0 bridgehead atoms. The van der Waals surface area contributed by atoms with Gasteiger partial charge in [-0.05, 0) is 24.8 Å². The highest BCUT2D eigenvalue weighted by atomic mass is 14.7. The molecule has 0 spiro atoms. The predicted octanol–water partition coefficient (Wildman–Crippen LogP) is 1.85. The van der Waals surface area contributed by atoms with Gasteiger partial charge in [-0.25, -0.2) is 0 Å². The van der Waals surface area contributed by atoms with Crippen molar-refractivity contribution in [3.63, 3.8) is 0 Å². The molecule has 1 aromatic rings. The van der Waals surface area contributed by atoms with Crippen LogP contribution in [0, 0.1) is 5.92 Å². The molecule has 4 N–H and O–H groups in total. The molecular formula is C11H17N3. The smallest absolute Gasteiger partial charge is 0.0393 e. The van der Waals surface area contributed by atoms with Crippen molar-refractivity contribution in [2.75, 3.05) is 5.73 Å². The molecule has 1 aliphatic rings. The Labute approximate surface area is 84.5 Å². The minimum atomic E-state index is 0.0752. The Morgan fingerprint density at radius 3 is 2.71 bits per heavy atom. The van der Waals surface area contributed by atoms with Crippen LogP contribution in [0.2, 0.25) is 0 Å². The van der Waals surface area contributed by atoms with Crippen LogP contribution in [0.4, 0.5) is 5.69 Å². The van der Waals surface area contributed by atoms with E-state index in [4.69, 9.17) is 11.5 Å². The van der Waals surface area contributed by atoms with Crippen LogP contribution in [0.25, 0.3) is 0 Å². The molecule has 3 heteroatoms. The summed E-state index contributed by atoms with van der Waals surface area (Å²) in [6.45, 7) is 0. The molecule has 1 atom stereocenters. The summed E-state index contributed by atoms with van der Waals surface area (Å²) in [6.07, 6.45) is 8.58. The summed E-state index contributed by atoms with van der Waals surface area (Å²) in [5.41, 5.74) is 13.8. The van der Waals surface area contributed by atoms with Crippen LogP contribution in [-0.4, -0.2) is 4.98 Å².